The Morgan fingerprint density at radius 3 is 2.57 bits per heavy atom. The zero-order valence-corrected chi connectivity index (χ0v) is 16.7. The summed E-state index contributed by atoms with van der Waals surface area (Å²) in [5.74, 6) is -1.45. The van der Waals surface area contributed by atoms with Crippen LogP contribution in [0.4, 0.5) is 8.78 Å². The standard InChI is InChI=1S/C20H27F2N3O2.ClH/c21-16-3-4-17(18(22)12-16)20(27)25-10-6-15(7-11-25)19(26)24-9-5-14-2-1-8-23-13-14;/h3-4,12,14-15,23H,1-2,5-11,13H2,(H,24,26);1H. The van der Waals surface area contributed by atoms with Gasteiger partial charge in [0.15, 0.2) is 0 Å². The molecule has 1 aromatic rings. The van der Waals surface area contributed by atoms with Crippen LogP contribution in [0.1, 0.15) is 42.5 Å². The van der Waals surface area contributed by atoms with E-state index in [1.807, 2.05) is 0 Å². The third kappa shape index (κ3) is 5.88. The van der Waals surface area contributed by atoms with E-state index in [2.05, 4.69) is 10.6 Å². The lowest BCUT2D eigenvalue weighted by atomic mass is 9.94. The maximum absolute atomic E-state index is 13.8. The van der Waals surface area contributed by atoms with Gasteiger partial charge in [-0.05, 0) is 63.2 Å². The summed E-state index contributed by atoms with van der Waals surface area (Å²) in [6.07, 6.45) is 4.51. The van der Waals surface area contributed by atoms with Crippen molar-refractivity contribution in [2.24, 2.45) is 11.8 Å². The minimum atomic E-state index is -0.850. The van der Waals surface area contributed by atoms with Gasteiger partial charge in [-0.1, -0.05) is 0 Å². The Bertz CT molecular complexity index is 675. The second kappa shape index (κ2) is 10.7. The molecule has 156 valence electrons. The molecule has 2 heterocycles. The van der Waals surface area contributed by atoms with Gasteiger partial charge in [0.2, 0.25) is 5.91 Å². The van der Waals surface area contributed by atoms with Gasteiger partial charge in [0, 0.05) is 31.6 Å². The van der Waals surface area contributed by atoms with Crippen molar-refractivity contribution in [3.8, 4) is 0 Å². The van der Waals surface area contributed by atoms with Gasteiger partial charge in [0.1, 0.15) is 11.6 Å². The molecule has 2 amide bonds. The summed E-state index contributed by atoms with van der Waals surface area (Å²) >= 11 is 0. The van der Waals surface area contributed by atoms with Crippen LogP contribution in [0.3, 0.4) is 0 Å². The van der Waals surface area contributed by atoms with E-state index in [1.165, 1.54) is 23.8 Å². The van der Waals surface area contributed by atoms with Crippen LogP contribution in [0.5, 0.6) is 0 Å². The first-order valence-electron chi connectivity index (χ1n) is 9.77. The second-order valence-corrected chi connectivity index (χ2v) is 7.48. The Morgan fingerprint density at radius 2 is 1.93 bits per heavy atom. The summed E-state index contributed by atoms with van der Waals surface area (Å²) in [6, 6.07) is 2.97. The van der Waals surface area contributed by atoms with Crippen molar-refractivity contribution in [2.75, 3.05) is 32.7 Å². The van der Waals surface area contributed by atoms with Crippen LogP contribution in [-0.2, 0) is 4.79 Å². The van der Waals surface area contributed by atoms with Gasteiger partial charge in [0.05, 0.1) is 5.56 Å². The predicted octanol–water partition coefficient (Wildman–Crippen LogP) is 2.74. The van der Waals surface area contributed by atoms with Gasteiger partial charge in [-0.2, -0.15) is 0 Å². The monoisotopic (exact) mass is 415 g/mol. The lowest BCUT2D eigenvalue weighted by molar-refractivity contribution is -0.126. The number of hydrogen-bond donors (Lipinski definition) is 2. The maximum atomic E-state index is 13.8. The second-order valence-electron chi connectivity index (χ2n) is 7.48. The minimum Gasteiger partial charge on any atom is -0.356 e. The van der Waals surface area contributed by atoms with Gasteiger partial charge < -0.3 is 15.5 Å². The van der Waals surface area contributed by atoms with E-state index in [1.54, 1.807) is 0 Å². The normalized spacial score (nSPS) is 20.4. The Labute approximate surface area is 170 Å². The number of amides is 2. The van der Waals surface area contributed by atoms with E-state index in [0.717, 1.165) is 31.6 Å². The Balaban J connectivity index is 0.00000280. The highest BCUT2D eigenvalue weighted by atomic mass is 35.5. The van der Waals surface area contributed by atoms with Crippen LogP contribution in [0.25, 0.3) is 0 Å². The van der Waals surface area contributed by atoms with Crippen LogP contribution < -0.4 is 10.6 Å². The third-order valence-corrected chi connectivity index (χ3v) is 5.57. The zero-order valence-electron chi connectivity index (χ0n) is 15.9. The zero-order chi connectivity index (χ0) is 19.2. The predicted molar refractivity (Wildman–Crippen MR) is 105 cm³/mol. The highest BCUT2D eigenvalue weighted by Crippen LogP contribution is 2.21. The summed E-state index contributed by atoms with van der Waals surface area (Å²) in [6.45, 7) is 3.60. The van der Waals surface area contributed by atoms with Crippen molar-refractivity contribution in [3.05, 3.63) is 35.4 Å². The number of hydrogen-bond acceptors (Lipinski definition) is 3. The van der Waals surface area contributed by atoms with Crippen molar-refractivity contribution < 1.29 is 18.4 Å². The van der Waals surface area contributed by atoms with Crippen molar-refractivity contribution in [1.29, 1.82) is 0 Å². The van der Waals surface area contributed by atoms with E-state index in [4.69, 9.17) is 0 Å². The molecule has 0 spiro atoms. The quantitative estimate of drug-likeness (QED) is 0.777. The Hall–Kier alpha value is -1.73. The molecule has 1 aromatic carbocycles. The molecule has 0 aliphatic carbocycles. The number of halogens is 3. The van der Waals surface area contributed by atoms with Gasteiger partial charge in [0.25, 0.3) is 5.91 Å². The molecule has 5 nitrogen and oxygen atoms in total. The lowest BCUT2D eigenvalue weighted by Gasteiger charge is -2.31. The van der Waals surface area contributed by atoms with Crippen molar-refractivity contribution in [3.63, 3.8) is 0 Å². The molecule has 2 saturated heterocycles. The summed E-state index contributed by atoms with van der Waals surface area (Å²) in [7, 11) is 0. The molecule has 2 aliphatic heterocycles. The Kier molecular flexibility index (Phi) is 8.63. The molecule has 1 unspecified atom stereocenters. The molecule has 8 heteroatoms. The van der Waals surface area contributed by atoms with E-state index in [9.17, 15) is 18.4 Å². The van der Waals surface area contributed by atoms with Crippen LogP contribution in [0.15, 0.2) is 18.2 Å². The highest BCUT2D eigenvalue weighted by molar-refractivity contribution is 5.94. The topological polar surface area (TPSA) is 61.4 Å². The van der Waals surface area contributed by atoms with E-state index in [0.29, 0.717) is 38.4 Å². The first-order valence-corrected chi connectivity index (χ1v) is 9.77. The van der Waals surface area contributed by atoms with E-state index in [-0.39, 0.29) is 29.8 Å². The van der Waals surface area contributed by atoms with E-state index < -0.39 is 17.5 Å². The largest absolute Gasteiger partial charge is 0.356 e. The molecular weight excluding hydrogens is 388 g/mol. The number of carbonyl (C=O) groups is 2. The Morgan fingerprint density at radius 1 is 1.18 bits per heavy atom. The first-order chi connectivity index (χ1) is 13.0. The maximum Gasteiger partial charge on any atom is 0.256 e. The number of carbonyl (C=O) groups excluding carboxylic acids is 2. The summed E-state index contributed by atoms with van der Waals surface area (Å²) in [5, 5.41) is 6.39. The first kappa shape index (κ1) is 22.6. The van der Waals surface area contributed by atoms with Gasteiger partial charge in [-0.15, -0.1) is 12.4 Å². The average Bonchev–Trinajstić information content (AvgIpc) is 2.68. The number of rotatable bonds is 5. The molecular formula is C20H28ClF2N3O2. The fourth-order valence-corrected chi connectivity index (χ4v) is 3.89. The molecule has 0 saturated carbocycles. The van der Waals surface area contributed by atoms with Gasteiger partial charge in [-0.25, -0.2) is 8.78 Å². The van der Waals surface area contributed by atoms with Crippen LogP contribution in [0, 0.1) is 23.5 Å². The third-order valence-electron chi connectivity index (χ3n) is 5.57. The molecule has 3 rings (SSSR count). The number of piperidine rings is 2. The molecule has 2 fully saturated rings. The van der Waals surface area contributed by atoms with Crippen LogP contribution in [0.2, 0.25) is 0 Å². The smallest absolute Gasteiger partial charge is 0.256 e. The van der Waals surface area contributed by atoms with Gasteiger partial charge in [-0.3, -0.25) is 9.59 Å². The summed E-state index contributed by atoms with van der Waals surface area (Å²) in [5.41, 5.74) is -0.125. The van der Waals surface area contributed by atoms with Crippen LogP contribution in [-0.4, -0.2) is 49.4 Å². The van der Waals surface area contributed by atoms with E-state index >= 15 is 0 Å². The number of likely N-dealkylation sites (tertiary alicyclic amines) is 1. The van der Waals surface area contributed by atoms with Crippen molar-refractivity contribution >= 4 is 24.2 Å². The molecule has 2 aliphatic rings. The average molecular weight is 416 g/mol. The lowest BCUT2D eigenvalue weighted by Crippen LogP contribution is -2.43. The molecule has 0 bridgehead atoms. The number of nitrogens with one attached hydrogen (secondary N) is 2. The minimum absolute atomic E-state index is 0. The fraction of sp³-hybridized carbons (Fsp3) is 0.600. The SMILES string of the molecule is Cl.O=C(NCCC1CCCNC1)C1CCN(C(=O)c2ccc(F)cc2F)CC1. The van der Waals surface area contributed by atoms with Crippen molar-refractivity contribution in [2.45, 2.75) is 32.1 Å². The molecule has 0 radical (unpaired) electrons. The fourth-order valence-electron chi connectivity index (χ4n) is 3.89. The molecule has 2 N–H and O–H groups in total. The molecule has 0 aromatic heterocycles. The summed E-state index contributed by atoms with van der Waals surface area (Å²) < 4.78 is 26.8. The van der Waals surface area contributed by atoms with Crippen molar-refractivity contribution in [1.82, 2.24) is 15.5 Å². The highest BCUT2D eigenvalue weighted by Gasteiger charge is 2.29. The summed E-state index contributed by atoms with van der Waals surface area (Å²) in [4.78, 5) is 26.3. The number of benzene rings is 1. The van der Waals surface area contributed by atoms with Crippen LogP contribution >= 0.6 is 12.4 Å². The molecule has 1 atom stereocenters. The van der Waals surface area contributed by atoms with Gasteiger partial charge >= 0.3 is 0 Å². The molecule has 28 heavy (non-hydrogen) atoms. The number of nitrogens with zero attached hydrogens (tertiary/aromatic N) is 1.